The minimum atomic E-state index is -0.744. The van der Waals surface area contributed by atoms with Crippen molar-refractivity contribution in [2.75, 3.05) is 13.2 Å². The van der Waals surface area contributed by atoms with Gasteiger partial charge in [-0.05, 0) is 12.0 Å². The van der Waals surface area contributed by atoms with E-state index >= 15 is 0 Å². The summed E-state index contributed by atoms with van der Waals surface area (Å²) in [4.78, 5) is 0. The molecular weight excluding hydrogens is 360 g/mol. The molecule has 0 aliphatic heterocycles. The van der Waals surface area contributed by atoms with Gasteiger partial charge in [0, 0.05) is 13.0 Å². The van der Waals surface area contributed by atoms with E-state index in [0.717, 1.165) is 18.6 Å². The van der Waals surface area contributed by atoms with E-state index in [1.54, 1.807) is 0 Å². The van der Waals surface area contributed by atoms with Gasteiger partial charge < -0.3 is 14.6 Å². The predicted octanol–water partition coefficient (Wildman–Crippen LogP) is 7.41. The fourth-order valence-electron chi connectivity index (χ4n) is 3.53. The van der Waals surface area contributed by atoms with Crippen LogP contribution >= 0.6 is 0 Å². The smallest absolute Gasteiger partial charge is 0.157 e. The summed E-state index contributed by atoms with van der Waals surface area (Å²) in [6.45, 7) is 4.09. The fourth-order valence-corrected chi connectivity index (χ4v) is 3.53. The monoisotopic (exact) mass is 406 g/mol. The van der Waals surface area contributed by atoms with Crippen molar-refractivity contribution in [3.05, 3.63) is 35.9 Å². The number of benzene rings is 1. The van der Waals surface area contributed by atoms with Crippen molar-refractivity contribution < 1.29 is 14.6 Å². The number of aliphatic hydroxyl groups is 1. The van der Waals surface area contributed by atoms with E-state index < -0.39 is 6.29 Å². The van der Waals surface area contributed by atoms with Crippen LogP contribution in [0.4, 0.5) is 0 Å². The van der Waals surface area contributed by atoms with Crippen molar-refractivity contribution in [1.82, 2.24) is 0 Å². The Morgan fingerprint density at radius 2 is 1.21 bits per heavy atom. The molecular formula is C26H46O3. The van der Waals surface area contributed by atoms with Crippen LogP contribution < -0.4 is 0 Å². The van der Waals surface area contributed by atoms with Gasteiger partial charge in [-0.3, -0.25) is 0 Å². The first-order chi connectivity index (χ1) is 14.3. The zero-order chi connectivity index (χ0) is 20.8. The number of hydrogen-bond acceptors (Lipinski definition) is 3. The van der Waals surface area contributed by atoms with Gasteiger partial charge in [-0.2, -0.15) is 0 Å². The van der Waals surface area contributed by atoms with Crippen LogP contribution in [0.5, 0.6) is 0 Å². The highest BCUT2D eigenvalue weighted by Gasteiger charge is 2.04. The molecule has 0 spiro atoms. The van der Waals surface area contributed by atoms with Gasteiger partial charge in [-0.25, -0.2) is 0 Å². The van der Waals surface area contributed by atoms with Crippen molar-refractivity contribution in [3.8, 4) is 0 Å². The number of aliphatic hydroxyl groups excluding tert-OH is 1. The molecule has 0 heterocycles. The average Bonchev–Trinajstić information content (AvgIpc) is 2.75. The number of unbranched alkanes of at least 4 members (excludes halogenated alkanes) is 13. The molecule has 1 N–H and O–H groups in total. The van der Waals surface area contributed by atoms with Gasteiger partial charge >= 0.3 is 0 Å². The molecule has 0 fully saturated rings. The summed E-state index contributed by atoms with van der Waals surface area (Å²) in [5.74, 6) is 0. The second-order valence-corrected chi connectivity index (χ2v) is 8.25. The topological polar surface area (TPSA) is 38.7 Å². The van der Waals surface area contributed by atoms with E-state index in [0.29, 0.717) is 19.6 Å². The minimum absolute atomic E-state index is 0.445. The van der Waals surface area contributed by atoms with Crippen LogP contribution in [0, 0.1) is 0 Å². The highest BCUT2D eigenvalue weighted by Crippen LogP contribution is 2.13. The molecule has 1 unspecified atom stereocenters. The molecule has 0 saturated heterocycles. The maximum atomic E-state index is 9.83. The van der Waals surface area contributed by atoms with Gasteiger partial charge in [0.2, 0.25) is 0 Å². The van der Waals surface area contributed by atoms with Gasteiger partial charge in [0.15, 0.2) is 6.29 Å². The first-order valence-corrected chi connectivity index (χ1v) is 12.2. The Kier molecular flexibility index (Phi) is 18.4. The normalized spacial score (nSPS) is 12.3. The van der Waals surface area contributed by atoms with Crippen molar-refractivity contribution in [3.63, 3.8) is 0 Å². The Morgan fingerprint density at radius 3 is 1.76 bits per heavy atom. The van der Waals surface area contributed by atoms with Crippen LogP contribution in [0.25, 0.3) is 0 Å². The van der Waals surface area contributed by atoms with Gasteiger partial charge in [-0.15, -0.1) is 0 Å². The lowest BCUT2D eigenvalue weighted by Crippen LogP contribution is -2.15. The summed E-state index contributed by atoms with van der Waals surface area (Å²) in [6.07, 6.45) is 19.0. The largest absolute Gasteiger partial charge is 0.381 e. The van der Waals surface area contributed by atoms with E-state index in [1.165, 1.54) is 83.5 Å². The molecule has 0 amide bonds. The molecule has 0 aliphatic rings. The Bertz CT molecular complexity index is 435. The molecule has 168 valence electrons. The first-order valence-electron chi connectivity index (χ1n) is 12.2. The molecule has 1 atom stereocenters. The summed E-state index contributed by atoms with van der Waals surface area (Å²) in [5, 5.41) is 9.83. The van der Waals surface area contributed by atoms with Gasteiger partial charge in [0.1, 0.15) is 0 Å². The highest BCUT2D eigenvalue weighted by molar-refractivity contribution is 5.13. The van der Waals surface area contributed by atoms with Crippen LogP contribution in [0.3, 0.4) is 0 Å². The van der Waals surface area contributed by atoms with Crippen LogP contribution in [0.2, 0.25) is 0 Å². The number of hydrogen-bond donors (Lipinski definition) is 1. The van der Waals surface area contributed by atoms with E-state index in [1.807, 2.05) is 30.3 Å². The van der Waals surface area contributed by atoms with E-state index in [9.17, 15) is 5.11 Å². The van der Waals surface area contributed by atoms with Crippen molar-refractivity contribution in [2.45, 2.75) is 116 Å². The lowest BCUT2D eigenvalue weighted by Gasteiger charge is -2.12. The summed E-state index contributed by atoms with van der Waals surface area (Å²) < 4.78 is 11.1. The summed E-state index contributed by atoms with van der Waals surface area (Å²) in [5.41, 5.74) is 1.08. The number of ether oxygens (including phenoxy) is 2. The van der Waals surface area contributed by atoms with Crippen LogP contribution in [0.1, 0.15) is 109 Å². The molecule has 0 bridgehead atoms. The van der Waals surface area contributed by atoms with Crippen molar-refractivity contribution in [2.24, 2.45) is 0 Å². The maximum absolute atomic E-state index is 9.83. The molecule has 3 nitrogen and oxygen atoms in total. The van der Waals surface area contributed by atoms with Gasteiger partial charge in [-0.1, -0.05) is 121 Å². The molecule has 0 saturated carbocycles. The Labute approximate surface area is 180 Å². The molecule has 1 rings (SSSR count). The third kappa shape index (κ3) is 17.7. The lowest BCUT2D eigenvalue weighted by molar-refractivity contribution is -0.120. The molecule has 1 aromatic carbocycles. The maximum Gasteiger partial charge on any atom is 0.157 e. The Morgan fingerprint density at radius 1 is 0.690 bits per heavy atom. The molecule has 3 heteroatoms. The molecule has 1 aromatic rings. The summed E-state index contributed by atoms with van der Waals surface area (Å²) >= 11 is 0. The lowest BCUT2D eigenvalue weighted by atomic mass is 10.0. The van der Waals surface area contributed by atoms with Crippen LogP contribution in [0.15, 0.2) is 30.3 Å². The summed E-state index contributed by atoms with van der Waals surface area (Å²) in [7, 11) is 0. The third-order valence-corrected chi connectivity index (χ3v) is 5.44. The second kappa shape index (κ2) is 20.4. The Balaban J connectivity index is 1.73. The minimum Gasteiger partial charge on any atom is -0.381 e. The van der Waals surface area contributed by atoms with Gasteiger partial charge in [0.05, 0.1) is 13.2 Å². The fraction of sp³-hybridized carbons (Fsp3) is 0.769. The average molecular weight is 407 g/mol. The predicted molar refractivity (Wildman–Crippen MR) is 123 cm³/mol. The molecule has 29 heavy (non-hydrogen) atoms. The number of rotatable bonds is 21. The molecule has 0 radical (unpaired) electrons. The quantitative estimate of drug-likeness (QED) is 0.171. The zero-order valence-electron chi connectivity index (χ0n) is 19.0. The highest BCUT2D eigenvalue weighted by atomic mass is 16.6. The molecule has 0 aromatic heterocycles. The SMILES string of the molecule is CCCCCCCCCCCCCCCCOCCC(O)OCc1ccccc1. The summed E-state index contributed by atoms with van der Waals surface area (Å²) in [6, 6.07) is 9.93. The molecule has 0 aliphatic carbocycles. The van der Waals surface area contributed by atoms with Crippen LogP contribution in [-0.2, 0) is 16.1 Å². The standard InChI is InChI=1S/C26H46O3/c1-2-3-4-5-6-7-8-9-10-11-12-13-14-18-22-28-23-21-26(27)29-24-25-19-16-15-17-20-25/h15-17,19-20,26-27H,2-14,18,21-24H2,1H3. The van der Waals surface area contributed by atoms with Crippen LogP contribution in [-0.4, -0.2) is 24.6 Å². The second-order valence-electron chi connectivity index (χ2n) is 8.25. The first kappa shape index (κ1) is 26.1. The van der Waals surface area contributed by atoms with E-state index in [-0.39, 0.29) is 0 Å². The zero-order valence-corrected chi connectivity index (χ0v) is 19.0. The van der Waals surface area contributed by atoms with E-state index in [2.05, 4.69) is 6.92 Å². The Hall–Kier alpha value is -0.900. The van der Waals surface area contributed by atoms with Crippen molar-refractivity contribution in [1.29, 1.82) is 0 Å². The van der Waals surface area contributed by atoms with Crippen molar-refractivity contribution >= 4 is 0 Å². The van der Waals surface area contributed by atoms with E-state index in [4.69, 9.17) is 9.47 Å². The third-order valence-electron chi connectivity index (χ3n) is 5.44. The van der Waals surface area contributed by atoms with Gasteiger partial charge in [0.25, 0.3) is 0 Å².